The van der Waals surface area contributed by atoms with Crippen molar-refractivity contribution in [2.75, 3.05) is 13.1 Å². The number of phenols is 1. The molecule has 0 aromatic heterocycles. The van der Waals surface area contributed by atoms with E-state index in [1.165, 1.54) is 5.56 Å². The fraction of sp³-hybridized carbons (Fsp3) is 0.500. The van der Waals surface area contributed by atoms with E-state index < -0.39 is 11.7 Å². The molecule has 1 saturated carbocycles. The van der Waals surface area contributed by atoms with Gasteiger partial charge in [-0.05, 0) is 67.7 Å². The van der Waals surface area contributed by atoms with Crippen LogP contribution < -0.4 is 0 Å². The zero-order valence-corrected chi connectivity index (χ0v) is 16.5. The summed E-state index contributed by atoms with van der Waals surface area (Å²) in [4.78, 5) is 2.36. The van der Waals surface area contributed by atoms with Crippen LogP contribution in [-0.2, 0) is 6.42 Å². The van der Waals surface area contributed by atoms with Crippen molar-refractivity contribution >= 4 is 0 Å². The molecule has 4 heteroatoms. The third-order valence-corrected chi connectivity index (χ3v) is 6.88. The fourth-order valence-corrected chi connectivity index (χ4v) is 5.21. The van der Waals surface area contributed by atoms with Crippen LogP contribution in [0.25, 0.3) is 0 Å². The van der Waals surface area contributed by atoms with E-state index in [0.29, 0.717) is 11.8 Å². The molecule has 1 saturated heterocycles. The monoisotopic (exact) mass is 381 g/mol. The first-order valence-corrected chi connectivity index (χ1v) is 10.4. The lowest BCUT2D eigenvalue weighted by Gasteiger charge is -2.31. The van der Waals surface area contributed by atoms with Crippen molar-refractivity contribution in [1.29, 1.82) is 0 Å². The number of aromatic hydroxyl groups is 1. The van der Waals surface area contributed by atoms with Crippen molar-refractivity contribution in [3.63, 3.8) is 0 Å². The quantitative estimate of drug-likeness (QED) is 0.716. The number of aliphatic hydroxyl groups is 2. The van der Waals surface area contributed by atoms with Crippen LogP contribution in [0.3, 0.4) is 0 Å². The van der Waals surface area contributed by atoms with Crippen LogP contribution in [0.1, 0.15) is 43.4 Å². The van der Waals surface area contributed by atoms with Gasteiger partial charge < -0.3 is 15.3 Å². The summed E-state index contributed by atoms with van der Waals surface area (Å²) in [6.45, 7) is 3.95. The van der Waals surface area contributed by atoms with Crippen LogP contribution >= 0.6 is 0 Å². The smallest absolute Gasteiger partial charge is 0.115 e. The van der Waals surface area contributed by atoms with Gasteiger partial charge >= 0.3 is 0 Å². The van der Waals surface area contributed by atoms with E-state index in [4.69, 9.17) is 0 Å². The van der Waals surface area contributed by atoms with Gasteiger partial charge in [0, 0.05) is 19.1 Å². The number of aliphatic hydroxyl groups excluding tert-OH is 1. The van der Waals surface area contributed by atoms with Crippen molar-refractivity contribution in [2.24, 2.45) is 11.8 Å². The van der Waals surface area contributed by atoms with Crippen LogP contribution in [0, 0.1) is 11.8 Å². The number of likely N-dealkylation sites (tertiary alicyclic amines) is 1. The summed E-state index contributed by atoms with van der Waals surface area (Å²) >= 11 is 0. The molecule has 2 aliphatic rings. The second-order valence-corrected chi connectivity index (χ2v) is 8.87. The molecular formula is C24H31NO3. The SMILES string of the molecule is CC(C(O)c1ccc(O)cc1)N1CC2CC(O)(CCc3ccccc3)CC2C1. The molecule has 4 atom stereocenters. The van der Waals surface area contributed by atoms with Gasteiger partial charge in [-0.15, -0.1) is 0 Å². The molecule has 28 heavy (non-hydrogen) atoms. The highest BCUT2D eigenvalue weighted by atomic mass is 16.3. The van der Waals surface area contributed by atoms with Gasteiger partial charge in [-0.25, -0.2) is 0 Å². The first-order chi connectivity index (χ1) is 13.4. The molecule has 1 aliphatic carbocycles. The number of nitrogens with zero attached hydrogens (tertiary/aromatic N) is 1. The van der Waals surface area contributed by atoms with Gasteiger partial charge in [0.2, 0.25) is 0 Å². The summed E-state index contributed by atoms with van der Waals surface area (Å²) in [7, 11) is 0. The number of rotatable bonds is 6. The Morgan fingerprint density at radius 3 is 2.21 bits per heavy atom. The number of benzene rings is 2. The minimum Gasteiger partial charge on any atom is -0.508 e. The summed E-state index contributed by atoms with van der Waals surface area (Å²) in [5, 5.41) is 31.3. The first kappa shape index (κ1) is 19.4. The van der Waals surface area contributed by atoms with E-state index in [2.05, 4.69) is 36.1 Å². The van der Waals surface area contributed by atoms with Crippen molar-refractivity contribution in [3.8, 4) is 5.75 Å². The van der Waals surface area contributed by atoms with Crippen LogP contribution in [0.5, 0.6) is 5.75 Å². The summed E-state index contributed by atoms with van der Waals surface area (Å²) in [5.41, 5.74) is 1.58. The number of hydrogen-bond donors (Lipinski definition) is 3. The third kappa shape index (κ3) is 4.09. The highest BCUT2D eigenvalue weighted by Gasteiger charge is 2.49. The minimum atomic E-state index is -0.573. The number of aryl methyl sites for hydroxylation is 1. The summed E-state index contributed by atoms with van der Waals surface area (Å²) in [6, 6.07) is 17.2. The lowest BCUT2D eigenvalue weighted by Crippen LogP contribution is -2.38. The van der Waals surface area contributed by atoms with Gasteiger partial charge in [0.1, 0.15) is 5.75 Å². The molecular weight excluding hydrogens is 350 g/mol. The number of fused-ring (bicyclic) bond motifs is 1. The maximum Gasteiger partial charge on any atom is 0.115 e. The Hall–Kier alpha value is -1.88. The average Bonchev–Trinajstić information content (AvgIpc) is 3.22. The van der Waals surface area contributed by atoms with E-state index in [1.54, 1.807) is 24.3 Å². The van der Waals surface area contributed by atoms with Crippen LogP contribution in [0.15, 0.2) is 54.6 Å². The van der Waals surface area contributed by atoms with Gasteiger partial charge in [0.25, 0.3) is 0 Å². The largest absolute Gasteiger partial charge is 0.508 e. The van der Waals surface area contributed by atoms with Crippen LogP contribution in [-0.4, -0.2) is 45.0 Å². The van der Waals surface area contributed by atoms with Crippen LogP contribution in [0.2, 0.25) is 0 Å². The van der Waals surface area contributed by atoms with E-state index in [9.17, 15) is 15.3 Å². The lowest BCUT2D eigenvalue weighted by atomic mass is 9.91. The Morgan fingerprint density at radius 1 is 1.00 bits per heavy atom. The molecule has 0 spiro atoms. The molecule has 4 nitrogen and oxygen atoms in total. The summed E-state index contributed by atoms with van der Waals surface area (Å²) < 4.78 is 0. The number of hydrogen-bond acceptors (Lipinski definition) is 4. The Kier molecular flexibility index (Phi) is 5.46. The van der Waals surface area contributed by atoms with Gasteiger partial charge in [0.15, 0.2) is 0 Å². The topological polar surface area (TPSA) is 63.9 Å². The normalized spacial score (nSPS) is 29.5. The maximum absolute atomic E-state index is 11.1. The molecule has 150 valence electrons. The van der Waals surface area contributed by atoms with Gasteiger partial charge in [-0.3, -0.25) is 4.90 Å². The minimum absolute atomic E-state index is 0.0209. The number of phenolic OH excluding ortho intramolecular Hbond substituents is 1. The summed E-state index contributed by atoms with van der Waals surface area (Å²) in [6.07, 6.45) is 2.91. The molecule has 4 unspecified atom stereocenters. The highest BCUT2D eigenvalue weighted by Crippen LogP contribution is 2.46. The van der Waals surface area contributed by atoms with Crippen molar-refractivity contribution < 1.29 is 15.3 Å². The molecule has 2 aromatic rings. The third-order valence-electron chi connectivity index (χ3n) is 6.88. The molecule has 3 N–H and O–H groups in total. The average molecular weight is 382 g/mol. The van der Waals surface area contributed by atoms with Crippen molar-refractivity contribution in [1.82, 2.24) is 4.90 Å². The molecule has 0 amide bonds. The van der Waals surface area contributed by atoms with Crippen molar-refractivity contribution in [2.45, 2.75) is 50.4 Å². The van der Waals surface area contributed by atoms with Crippen LogP contribution in [0.4, 0.5) is 0 Å². The zero-order valence-electron chi connectivity index (χ0n) is 16.5. The fourth-order valence-electron chi connectivity index (χ4n) is 5.21. The van der Waals surface area contributed by atoms with Crippen molar-refractivity contribution in [3.05, 3.63) is 65.7 Å². The molecule has 4 rings (SSSR count). The molecule has 1 aliphatic heterocycles. The van der Waals surface area contributed by atoms with Gasteiger partial charge in [-0.1, -0.05) is 42.5 Å². The summed E-state index contributed by atoms with van der Waals surface area (Å²) in [5.74, 6) is 1.24. The van der Waals surface area contributed by atoms with Gasteiger partial charge in [0.05, 0.1) is 11.7 Å². The Morgan fingerprint density at radius 2 is 1.61 bits per heavy atom. The Labute approximate surface area is 167 Å². The molecule has 0 radical (unpaired) electrons. The zero-order chi connectivity index (χ0) is 19.7. The molecule has 1 heterocycles. The highest BCUT2D eigenvalue weighted by molar-refractivity contribution is 5.28. The molecule has 0 bridgehead atoms. The predicted molar refractivity (Wildman–Crippen MR) is 110 cm³/mol. The maximum atomic E-state index is 11.1. The standard InChI is InChI=1S/C24H31NO3/c1-17(23(27)19-7-9-22(26)10-8-19)25-15-20-13-24(28,14-21(20)16-25)12-11-18-5-3-2-4-6-18/h2-10,17,20-21,23,26-28H,11-16H2,1H3. The molecule has 2 aromatic carbocycles. The first-order valence-electron chi connectivity index (χ1n) is 10.4. The lowest BCUT2D eigenvalue weighted by molar-refractivity contribution is 0.0180. The Balaban J connectivity index is 1.32. The van der Waals surface area contributed by atoms with E-state index >= 15 is 0 Å². The molecule has 2 fully saturated rings. The van der Waals surface area contributed by atoms with E-state index in [1.807, 2.05) is 6.07 Å². The Bertz CT molecular complexity index is 762. The second-order valence-electron chi connectivity index (χ2n) is 8.87. The van der Waals surface area contributed by atoms with E-state index in [0.717, 1.165) is 44.3 Å². The van der Waals surface area contributed by atoms with E-state index in [-0.39, 0.29) is 11.8 Å². The van der Waals surface area contributed by atoms with Gasteiger partial charge in [-0.2, -0.15) is 0 Å². The second kappa shape index (κ2) is 7.86. The predicted octanol–water partition coefficient (Wildman–Crippen LogP) is 3.52.